The lowest BCUT2D eigenvalue weighted by molar-refractivity contribution is 0.189. The molecule has 0 aromatic heterocycles. The van der Waals surface area contributed by atoms with Crippen LogP contribution < -0.4 is 5.32 Å². The number of hydrogen-bond acceptors (Lipinski definition) is 2. The Morgan fingerprint density at radius 3 is 2.40 bits per heavy atom. The molecule has 2 nitrogen and oxygen atoms in total. The third kappa shape index (κ3) is 3.86. The summed E-state index contributed by atoms with van der Waals surface area (Å²) in [6, 6.07) is 2.93. The molecule has 15 heavy (non-hydrogen) atoms. The zero-order valence-corrected chi connectivity index (χ0v) is 9.74. The second-order valence-corrected chi connectivity index (χ2v) is 4.13. The Bertz CT molecular complexity index is 321. The third-order valence-corrected chi connectivity index (χ3v) is 2.43. The maximum Gasteiger partial charge on any atom is 0.160 e. The number of aliphatic hydroxyl groups is 1. The van der Waals surface area contributed by atoms with E-state index in [-0.39, 0.29) is 16.1 Å². The predicted octanol–water partition coefficient (Wildman–Crippen LogP) is 3.32. The Morgan fingerprint density at radius 2 is 1.93 bits per heavy atom. The van der Waals surface area contributed by atoms with Crippen molar-refractivity contribution in [3.63, 3.8) is 0 Å². The number of nitrogens with one attached hydrogen (secondary N) is 1. The van der Waals surface area contributed by atoms with Crippen molar-refractivity contribution in [3.8, 4) is 0 Å². The maximum absolute atomic E-state index is 13.0. The lowest BCUT2D eigenvalue weighted by Gasteiger charge is -2.09. The Hall–Kier alpha value is -0.510. The molecule has 1 rings (SSSR count). The van der Waals surface area contributed by atoms with Crippen molar-refractivity contribution in [2.24, 2.45) is 0 Å². The molecular weight excluding hydrogens is 240 g/mol. The third-order valence-electron chi connectivity index (χ3n) is 1.88. The summed E-state index contributed by atoms with van der Waals surface area (Å²) in [5.41, 5.74) is 0.645. The first-order valence-corrected chi connectivity index (χ1v) is 5.32. The van der Waals surface area contributed by atoms with Gasteiger partial charge in [0, 0.05) is 12.2 Å². The van der Waals surface area contributed by atoms with Crippen LogP contribution >= 0.6 is 23.2 Å². The molecule has 0 heterocycles. The van der Waals surface area contributed by atoms with E-state index in [0.717, 1.165) is 0 Å². The van der Waals surface area contributed by atoms with E-state index in [4.69, 9.17) is 28.3 Å². The fourth-order valence-electron chi connectivity index (χ4n) is 1.08. The highest BCUT2D eigenvalue weighted by molar-refractivity contribution is 6.35. The van der Waals surface area contributed by atoms with Gasteiger partial charge in [-0.25, -0.2) is 4.39 Å². The molecule has 1 atom stereocenters. The predicted molar refractivity (Wildman–Crippen MR) is 61.2 cm³/mol. The minimum Gasteiger partial charge on any atom is -0.393 e. The van der Waals surface area contributed by atoms with Crippen LogP contribution in [-0.4, -0.2) is 17.8 Å². The molecule has 1 unspecified atom stereocenters. The van der Waals surface area contributed by atoms with E-state index in [9.17, 15) is 4.39 Å². The first-order valence-electron chi connectivity index (χ1n) is 4.57. The summed E-state index contributed by atoms with van der Waals surface area (Å²) in [6.07, 6.45) is 0.232. The Balaban J connectivity index is 2.63. The summed E-state index contributed by atoms with van der Waals surface area (Å²) in [5.74, 6) is -0.612. The highest BCUT2D eigenvalue weighted by Crippen LogP contribution is 2.27. The molecule has 5 heteroatoms. The van der Waals surface area contributed by atoms with Gasteiger partial charge in [-0.15, -0.1) is 0 Å². The van der Waals surface area contributed by atoms with Gasteiger partial charge < -0.3 is 10.4 Å². The molecule has 0 fully saturated rings. The zero-order valence-electron chi connectivity index (χ0n) is 8.23. The van der Waals surface area contributed by atoms with Gasteiger partial charge in [0.05, 0.1) is 16.1 Å². The summed E-state index contributed by atoms with van der Waals surface area (Å²) in [4.78, 5) is 0. The van der Waals surface area contributed by atoms with Crippen LogP contribution in [0.15, 0.2) is 12.1 Å². The van der Waals surface area contributed by atoms with Crippen molar-refractivity contribution < 1.29 is 9.50 Å². The summed E-state index contributed by atoms with van der Waals surface area (Å²) in [7, 11) is 0. The smallest absolute Gasteiger partial charge is 0.160 e. The molecule has 2 N–H and O–H groups in total. The van der Waals surface area contributed by atoms with E-state index in [1.807, 2.05) is 0 Å². The van der Waals surface area contributed by atoms with E-state index in [1.165, 1.54) is 12.1 Å². The van der Waals surface area contributed by atoms with Gasteiger partial charge in [0.1, 0.15) is 0 Å². The lowest BCUT2D eigenvalue weighted by atomic mass is 10.2. The molecule has 0 spiro atoms. The van der Waals surface area contributed by atoms with Gasteiger partial charge in [0.2, 0.25) is 0 Å². The molecule has 0 aliphatic heterocycles. The van der Waals surface area contributed by atoms with E-state index in [1.54, 1.807) is 6.92 Å². The zero-order chi connectivity index (χ0) is 11.4. The van der Waals surface area contributed by atoms with Crippen LogP contribution in [0.25, 0.3) is 0 Å². The minimum absolute atomic E-state index is 0.0120. The van der Waals surface area contributed by atoms with Crippen molar-refractivity contribution in [2.75, 3.05) is 11.9 Å². The summed E-state index contributed by atoms with van der Waals surface area (Å²) >= 11 is 11.2. The van der Waals surface area contributed by atoms with Crippen LogP contribution in [0.2, 0.25) is 10.0 Å². The molecule has 0 saturated heterocycles. The number of hydrogen-bond donors (Lipinski definition) is 2. The van der Waals surface area contributed by atoms with E-state index in [2.05, 4.69) is 5.32 Å². The van der Waals surface area contributed by atoms with Crippen LogP contribution in [0.5, 0.6) is 0 Å². The van der Waals surface area contributed by atoms with E-state index >= 15 is 0 Å². The quantitative estimate of drug-likeness (QED) is 0.805. The first kappa shape index (κ1) is 12.6. The van der Waals surface area contributed by atoms with Crippen LogP contribution in [0.1, 0.15) is 13.3 Å². The Labute approximate surface area is 98.0 Å². The van der Waals surface area contributed by atoms with E-state index < -0.39 is 5.82 Å². The van der Waals surface area contributed by atoms with Gasteiger partial charge in [-0.2, -0.15) is 0 Å². The topological polar surface area (TPSA) is 32.3 Å². The van der Waals surface area contributed by atoms with Gasteiger partial charge in [-0.05, 0) is 25.5 Å². The molecule has 0 saturated carbocycles. The van der Waals surface area contributed by atoms with Crippen molar-refractivity contribution in [2.45, 2.75) is 19.4 Å². The van der Waals surface area contributed by atoms with Gasteiger partial charge in [-0.3, -0.25) is 0 Å². The number of anilines is 1. The summed E-state index contributed by atoms with van der Waals surface area (Å²) in [6.45, 7) is 2.28. The molecule has 0 aliphatic rings. The van der Waals surface area contributed by atoms with Gasteiger partial charge >= 0.3 is 0 Å². The minimum atomic E-state index is -0.612. The average molecular weight is 252 g/mol. The van der Waals surface area contributed by atoms with Gasteiger partial charge in [-0.1, -0.05) is 23.2 Å². The second kappa shape index (κ2) is 5.54. The molecule has 0 radical (unpaired) electrons. The monoisotopic (exact) mass is 251 g/mol. The van der Waals surface area contributed by atoms with Crippen molar-refractivity contribution in [1.82, 2.24) is 0 Å². The van der Waals surface area contributed by atoms with E-state index in [0.29, 0.717) is 18.7 Å². The number of benzene rings is 1. The summed E-state index contributed by atoms with van der Waals surface area (Å²) in [5, 5.41) is 12.0. The Morgan fingerprint density at radius 1 is 1.40 bits per heavy atom. The second-order valence-electron chi connectivity index (χ2n) is 3.32. The average Bonchev–Trinajstić information content (AvgIpc) is 2.13. The standard InChI is InChI=1S/C10H12Cl2FNO/c1-6(15)2-3-14-7-4-8(11)10(13)9(12)5-7/h4-6,14-15H,2-3H2,1H3. The first-order chi connectivity index (χ1) is 7.00. The Kier molecular flexibility index (Phi) is 4.64. The molecule has 0 amide bonds. The van der Waals surface area contributed by atoms with Crippen LogP contribution in [0, 0.1) is 5.82 Å². The van der Waals surface area contributed by atoms with Crippen LogP contribution in [0.4, 0.5) is 10.1 Å². The lowest BCUT2D eigenvalue weighted by Crippen LogP contribution is -2.09. The van der Waals surface area contributed by atoms with Crippen molar-refractivity contribution in [3.05, 3.63) is 28.0 Å². The number of aliphatic hydroxyl groups excluding tert-OH is 1. The van der Waals surface area contributed by atoms with Crippen molar-refractivity contribution in [1.29, 1.82) is 0 Å². The van der Waals surface area contributed by atoms with Gasteiger partial charge in [0.25, 0.3) is 0 Å². The largest absolute Gasteiger partial charge is 0.393 e. The maximum atomic E-state index is 13.0. The highest BCUT2D eigenvalue weighted by Gasteiger charge is 2.07. The summed E-state index contributed by atoms with van der Waals surface area (Å²) < 4.78 is 13.0. The molecule has 1 aromatic carbocycles. The molecule has 0 bridgehead atoms. The fraction of sp³-hybridized carbons (Fsp3) is 0.400. The van der Waals surface area contributed by atoms with Crippen LogP contribution in [-0.2, 0) is 0 Å². The molecular formula is C10H12Cl2FNO. The SMILES string of the molecule is CC(O)CCNc1cc(Cl)c(F)c(Cl)c1. The molecule has 1 aromatic rings. The number of rotatable bonds is 4. The van der Waals surface area contributed by atoms with Gasteiger partial charge in [0.15, 0.2) is 5.82 Å². The normalized spacial score (nSPS) is 12.6. The number of halogens is 3. The fourth-order valence-corrected chi connectivity index (χ4v) is 1.57. The van der Waals surface area contributed by atoms with Crippen LogP contribution in [0.3, 0.4) is 0 Å². The molecule has 84 valence electrons. The molecule has 0 aliphatic carbocycles. The highest BCUT2D eigenvalue weighted by atomic mass is 35.5. The van der Waals surface area contributed by atoms with Crippen molar-refractivity contribution >= 4 is 28.9 Å².